The zero-order valence-corrected chi connectivity index (χ0v) is 9.59. The van der Waals surface area contributed by atoms with Gasteiger partial charge in [0.2, 0.25) is 0 Å². The molecule has 0 saturated carbocycles. The third-order valence-electron chi connectivity index (χ3n) is 1.88. The molecule has 0 N–H and O–H groups in total. The zero-order valence-electron chi connectivity index (χ0n) is 7.24. The van der Waals surface area contributed by atoms with E-state index in [2.05, 4.69) is 20.9 Å². The van der Waals surface area contributed by atoms with Crippen LogP contribution in [0.25, 0.3) is 11.3 Å². The van der Waals surface area contributed by atoms with E-state index < -0.39 is 0 Å². The van der Waals surface area contributed by atoms with Gasteiger partial charge in [-0.05, 0) is 40.2 Å². The molecule has 0 aliphatic rings. The lowest BCUT2D eigenvalue weighted by molar-refractivity contribution is 1.32. The van der Waals surface area contributed by atoms with E-state index in [9.17, 15) is 0 Å². The molecule has 0 radical (unpaired) electrons. The number of nitrogens with zero attached hydrogens (tertiary/aromatic N) is 1. The highest BCUT2D eigenvalue weighted by Gasteiger charge is 2.01. The first kappa shape index (κ1) is 9.69. The number of hydrogen-bond donors (Lipinski definition) is 0. The van der Waals surface area contributed by atoms with Crippen LogP contribution >= 0.6 is 27.5 Å². The lowest BCUT2D eigenvalue weighted by atomic mass is 10.1. The summed E-state index contributed by atoms with van der Waals surface area (Å²) < 4.78 is 0.891. The van der Waals surface area contributed by atoms with Crippen molar-refractivity contribution in [3.63, 3.8) is 0 Å². The standard InChI is InChI=1S/C11H7BrClN/c12-9-7-8(4-5-10(9)13)11-3-1-2-6-14-11/h1-7H. The predicted molar refractivity (Wildman–Crippen MR) is 62.4 cm³/mol. The Morgan fingerprint density at radius 3 is 2.64 bits per heavy atom. The summed E-state index contributed by atoms with van der Waals surface area (Å²) in [5, 5.41) is 0.713. The lowest BCUT2D eigenvalue weighted by Gasteiger charge is -2.01. The second-order valence-electron chi connectivity index (χ2n) is 2.84. The van der Waals surface area contributed by atoms with Crippen LogP contribution in [-0.4, -0.2) is 4.98 Å². The molecule has 0 atom stereocenters. The molecule has 0 aliphatic carbocycles. The highest BCUT2D eigenvalue weighted by molar-refractivity contribution is 9.10. The van der Waals surface area contributed by atoms with Crippen molar-refractivity contribution in [3.8, 4) is 11.3 Å². The summed E-state index contributed by atoms with van der Waals surface area (Å²) >= 11 is 9.28. The van der Waals surface area contributed by atoms with Crippen LogP contribution in [-0.2, 0) is 0 Å². The summed E-state index contributed by atoms with van der Waals surface area (Å²) in [4.78, 5) is 4.26. The number of pyridine rings is 1. The fourth-order valence-electron chi connectivity index (χ4n) is 1.19. The monoisotopic (exact) mass is 267 g/mol. The van der Waals surface area contributed by atoms with E-state index in [-0.39, 0.29) is 0 Å². The van der Waals surface area contributed by atoms with Gasteiger partial charge in [0.1, 0.15) is 0 Å². The lowest BCUT2D eigenvalue weighted by Crippen LogP contribution is -1.81. The van der Waals surface area contributed by atoms with Gasteiger partial charge in [0.25, 0.3) is 0 Å². The molecule has 0 spiro atoms. The Balaban J connectivity index is 2.48. The maximum Gasteiger partial charge on any atom is 0.0702 e. The van der Waals surface area contributed by atoms with Gasteiger partial charge in [0, 0.05) is 16.2 Å². The van der Waals surface area contributed by atoms with Crippen molar-refractivity contribution < 1.29 is 0 Å². The number of halogens is 2. The minimum atomic E-state index is 0.713. The van der Waals surface area contributed by atoms with Crippen LogP contribution in [0.2, 0.25) is 5.02 Å². The summed E-state index contributed by atoms with van der Waals surface area (Å²) in [6, 6.07) is 11.6. The van der Waals surface area contributed by atoms with E-state index in [0.29, 0.717) is 5.02 Å². The average molecular weight is 269 g/mol. The Morgan fingerprint density at radius 1 is 1.14 bits per heavy atom. The van der Waals surface area contributed by atoms with Crippen molar-refractivity contribution in [2.45, 2.75) is 0 Å². The average Bonchev–Trinajstić information content (AvgIpc) is 2.23. The molecule has 14 heavy (non-hydrogen) atoms. The van der Waals surface area contributed by atoms with Crippen molar-refractivity contribution in [1.29, 1.82) is 0 Å². The van der Waals surface area contributed by atoms with Gasteiger partial charge in [0.15, 0.2) is 0 Å². The van der Waals surface area contributed by atoms with Crippen LogP contribution in [0.5, 0.6) is 0 Å². The van der Waals surface area contributed by atoms with Crippen LogP contribution in [0.1, 0.15) is 0 Å². The van der Waals surface area contributed by atoms with Crippen LogP contribution in [0.15, 0.2) is 47.1 Å². The van der Waals surface area contributed by atoms with Gasteiger partial charge >= 0.3 is 0 Å². The minimum Gasteiger partial charge on any atom is -0.256 e. The molecular formula is C11H7BrClN. The molecule has 0 unspecified atom stereocenters. The molecule has 1 aromatic heterocycles. The van der Waals surface area contributed by atoms with Crippen LogP contribution in [0.4, 0.5) is 0 Å². The Hall–Kier alpha value is -0.860. The van der Waals surface area contributed by atoms with Gasteiger partial charge in [-0.2, -0.15) is 0 Å². The molecule has 1 aromatic carbocycles. The Bertz CT molecular complexity index is 442. The summed E-state index contributed by atoms with van der Waals surface area (Å²) in [5.41, 5.74) is 2.01. The fourth-order valence-corrected chi connectivity index (χ4v) is 1.69. The first-order valence-corrected chi connectivity index (χ1v) is 5.31. The zero-order chi connectivity index (χ0) is 9.97. The summed E-state index contributed by atoms with van der Waals surface area (Å²) in [6.45, 7) is 0. The quantitative estimate of drug-likeness (QED) is 0.756. The SMILES string of the molecule is Clc1ccc(-c2ccccn2)cc1Br. The van der Waals surface area contributed by atoms with E-state index in [1.165, 1.54) is 0 Å². The summed E-state index contributed by atoms with van der Waals surface area (Å²) in [6.07, 6.45) is 1.78. The minimum absolute atomic E-state index is 0.713. The van der Waals surface area contributed by atoms with Gasteiger partial charge in [-0.3, -0.25) is 4.98 Å². The van der Waals surface area contributed by atoms with Gasteiger partial charge in [0.05, 0.1) is 10.7 Å². The Kier molecular flexibility index (Phi) is 2.85. The van der Waals surface area contributed by atoms with Crippen molar-refractivity contribution in [3.05, 3.63) is 52.1 Å². The largest absolute Gasteiger partial charge is 0.256 e. The molecule has 0 bridgehead atoms. The molecule has 2 rings (SSSR count). The molecule has 2 aromatic rings. The van der Waals surface area contributed by atoms with E-state index >= 15 is 0 Å². The molecule has 1 heterocycles. The van der Waals surface area contributed by atoms with Crippen molar-refractivity contribution in [2.24, 2.45) is 0 Å². The third kappa shape index (κ3) is 1.97. The number of rotatable bonds is 1. The normalized spacial score (nSPS) is 10.1. The number of aromatic nitrogens is 1. The van der Waals surface area contributed by atoms with Crippen LogP contribution < -0.4 is 0 Å². The van der Waals surface area contributed by atoms with E-state index in [1.54, 1.807) is 6.20 Å². The van der Waals surface area contributed by atoms with Crippen LogP contribution in [0, 0.1) is 0 Å². The number of benzene rings is 1. The maximum absolute atomic E-state index is 5.90. The second-order valence-corrected chi connectivity index (χ2v) is 4.11. The molecule has 1 nitrogen and oxygen atoms in total. The summed E-state index contributed by atoms with van der Waals surface area (Å²) in [5.74, 6) is 0. The number of hydrogen-bond acceptors (Lipinski definition) is 1. The van der Waals surface area contributed by atoms with E-state index in [4.69, 9.17) is 11.6 Å². The van der Waals surface area contributed by atoms with Crippen molar-refractivity contribution in [2.75, 3.05) is 0 Å². The summed E-state index contributed by atoms with van der Waals surface area (Å²) in [7, 11) is 0. The molecule has 0 fully saturated rings. The Labute approximate surface area is 95.9 Å². The van der Waals surface area contributed by atoms with Crippen LogP contribution in [0.3, 0.4) is 0 Å². The first-order valence-electron chi connectivity index (χ1n) is 4.14. The Morgan fingerprint density at radius 2 is 2.00 bits per heavy atom. The van der Waals surface area contributed by atoms with Crippen molar-refractivity contribution >= 4 is 27.5 Å². The second kappa shape index (κ2) is 4.11. The topological polar surface area (TPSA) is 12.9 Å². The fraction of sp³-hybridized carbons (Fsp3) is 0. The molecular weight excluding hydrogens is 261 g/mol. The van der Waals surface area contributed by atoms with Gasteiger partial charge < -0.3 is 0 Å². The highest BCUT2D eigenvalue weighted by atomic mass is 79.9. The van der Waals surface area contributed by atoms with Crippen molar-refractivity contribution in [1.82, 2.24) is 4.98 Å². The van der Waals surface area contributed by atoms with Gasteiger partial charge in [-0.15, -0.1) is 0 Å². The molecule has 70 valence electrons. The van der Waals surface area contributed by atoms with E-state index in [1.807, 2.05) is 36.4 Å². The van der Waals surface area contributed by atoms with Gasteiger partial charge in [-0.1, -0.05) is 23.7 Å². The smallest absolute Gasteiger partial charge is 0.0702 e. The molecule has 0 amide bonds. The molecule has 0 aliphatic heterocycles. The van der Waals surface area contributed by atoms with Gasteiger partial charge in [-0.25, -0.2) is 0 Å². The first-order chi connectivity index (χ1) is 6.77. The predicted octanol–water partition coefficient (Wildman–Crippen LogP) is 4.16. The molecule has 0 saturated heterocycles. The van der Waals surface area contributed by atoms with E-state index in [0.717, 1.165) is 15.7 Å². The third-order valence-corrected chi connectivity index (χ3v) is 3.09. The highest BCUT2D eigenvalue weighted by Crippen LogP contribution is 2.27. The molecule has 3 heteroatoms. The maximum atomic E-state index is 5.90.